The number of carbonyl (C=O) groups excluding carboxylic acids is 1. The first-order chi connectivity index (χ1) is 33.8. The Balaban J connectivity index is 8.93. The zero-order valence-electron chi connectivity index (χ0n) is 49.8. The van der Waals surface area contributed by atoms with Gasteiger partial charge in [0, 0.05) is 17.7 Å². The van der Waals surface area contributed by atoms with Crippen LogP contribution in [0.25, 0.3) is 0 Å². The molecule has 0 fully saturated rings. The molecule has 0 aromatic heterocycles. The maximum atomic E-state index is 14.1. The molecule has 0 unspecified atom stereocenters. The summed E-state index contributed by atoms with van der Waals surface area (Å²) in [7, 11) is -14.5. The summed E-state index contributed by atoms with van der Waals surface area (Å²) in [5, 5.41) is 0. The van der Waals surface area contributed by atoms with Crippen LogP contribution in [-0.4, -0.2) is 48.5 Å². The van der Waals surface area contributed by atoms with Gasteiger partial charge in [-0.1, -0.05) is 295 Å². The minimum absolute atomic E-state index is 0.252. The molecule has 0 aromatic rings. The zero-order valence-corrected chi connectivity index (χ0v) is 54.8. The largest absolute Gasteiger partial charge is 0.491 e. The Kier molecular flexibility index (Phi) is 44.4. The molecule has 0 N–H and O–H groups in total. The molecule has 0 aliphatic rings. The van der Waals surface area contributed by atoms with Gasteiger partial charge in [-0.25, -0.2) is 4.79 Å². The summed E-state index contributed by atoms with van der Waals surface area (Å²) in [5.41, 5.74) is 0.486. The summed E-state index contributed by atoms with van der Waals surface area (Å²) in [6, 6.07) is 11.8. The van der Waals surface area contributed by atoms with Crippen molar-refractivity contribution in [1.29, 1.82) is 0 Å². The normalized spacial score (nSPS) is 12.9. The Hall–Kier alpha value is 0.134. The van der Waals surface area contributed by atoms with Crippen molar-refractivity contribution in [2.45, 2.75) is 361 Å². The number of unbranched alkanes of at least 4 members (excludes halogenated alkanes) is 22. The summed E-state index contributed by atoms with van der Waals surface area (Å²) >= 11 is 0. The Labute approximate surface area is 445 Å². The van der Waals surface area contributed by atoms with Gasteiger partial charge in [-0.2, -0.15) is 0 Å². The highest BCUT2D eigenvalue weighted by Crippen LogP contribution is 2.45. The van der Waals surface area contributed by atoms with Gasteiger partial charge in [0.1, 0.15) is 0 Å². The van der Waals surface area contributed by atoms with Crippen molar-refractivity contribution in [3.05, 3.63) is 12.2 Å². The lowest BCUT2D eigenvalue weighted by atomic mass is 10.3. The highest BCUT2D eigenvalue weighted by atomic mass is 28.5. The Morgan fingerprint density at radius 2 is 0.471 bits per heavy atom. The molecule has 0 aliphatic carbocycles. The molecule has 70 heavy (non-hydrogen) atoms. The molecule has 0 spiro atoms. The molecule has 0 heterocycles. The van der Waals surface area contributed by atoms with E-state index in [0.717, 1.165) is 125 Å². The second-order valence-electron chi connectivity index (χ2n) is 22.4. The first-order valence-corrected chi connectivity index (χ1v) is 43.0. The predicted octanol–water partition coefficient (Wildman–Crippen LogP) is 22.0. The van der Waals surface area contributed by atoms with Gasteiger partial charge in [-0.05, 0) is 61.3 Å². The van der Waals surface area contributed by atoms with E-state index in [1.54, 1.807) is 0 Å². The fraction of sp³-hybridized carbons (Fsp3) is 0.949. The molecule has 0 amide bonds. The van der Waals surface area contributed by atoms with E-state index >= 15 is 0 Å². The zero-order chi connectivity index (χ0) is 52.3. The molecule has 0 saturated heterocycles. The molecular weight excluding hydrogens is 945 g/mol. The van der Waals surface area contributed by atoms with Crippen LogP contribution in [0.15, 0.2) is 12.2 Å². The molecule has 0 aliphatic heterocycles. The molecule has 0 radical (unpaired) electrons. The quantitative estimate of drug-likeness (QED) is 0.0344. The summed E-state index contributed by atoms with van der Waals surface area (Å²) in [4.78, 5) is 14.1. The van der Waals surface area contributed by atoms with E-state index in [1.807, 2.05) is 6.92 Å². The minimum atomic E-state index is -3.15. The summed E-state index contributed by atoms with van der Waals surface area (Å²) < 4.78 is 41.5. The average Bonchev–Trinajstić information content (AvgIpc) is 3.32. The van der Waals surface area contributed by atoms with Crippen molar-refractivity contribution in [2.24, 2.45) is 0 Å². The number of carbonyl (C=O) groups is 1. The second kappa shape index (κ2) is 44.3. The Morgan fingerprint density at radius 1 is 0.286 bits per heavy atom. The van der Waals surface area contributed by atoms with Crippen LogP contribution in [0.1, 0.15) is 295 Å². The van der Waals surface area contributed by atoms with Gasteiger partial charge in [-0.15, -0.1) is 0 Å². The third-order valence-corrected chi connectivity index (χ3v) is 40.6. The minimum Gasteiger partial charge on any atom is -0.491 e. The molecule has 0 aromatic carbocycles. The second-order valence-corrected chi connectivity index (χ2v) is 41.1. The van der Waals surface area contributed by atoms with Gasteiger partial charge < -0.3 is 20.9 Å². The van der Waals surface area contributed by atoms with Crippen molar-refractivity contribution in [3.63, 3.8) is 0 Å². The van der Waals surface area contributed by atoms with E-state index in [0.29, 0.717) is 5.57 Å². The van der Waals surface area contributed by atoms with Crippen molar-refractivity contribution in [2.75, 3.05) is 0 Å². The standard InChI is InChI=1S/C59H126O6Si5/c1-14-25-36-47-66(48-37-26-15-2,49-38-27-16-3)62-68(52-41-30-19-6,53-42-31-20-7)64-70(56-45-34-23-10,57-46-35-24-11)65-69(54-43-32-21-8,55-44-33-22-9)63-67(50-39-28-17-4,51-40-29-18-5)61-59(60)58(12)13/h12,14-57H2,1-11,13H3. The van der Waals surface area contributed by atoms with Gasteiger partial charge >= 0.3 is 40.2 Å². The molecule has 0 atom stereocenters. The Bertz CT molecular complexity index is 1150. The van der Waals surface area contributed by atoms with E-state index in [1.165, 1.54) is 153 Å². The van der Waals surface area contributed by atoms with E-state index in [2.05, 4.69) is 82.7 Å². The lowest BCUT2D eigenvalue weighted by Crippen LogP contribution is -2.65. The van der Waals surface area contributed by atoms with Gasteiger partial charge in [0.2, 0.25) is 0 Å². The van der Waals surface area contributed by atoms with Crippen LogP contribution in [0.2, 0.25) is 66.5 Å². The lowest BCUT2D eigenvalue weighted by molar-refractivity contribution is -0.132. The first kappa shape index (κ1) is 70.1. The number of hydrogen-bond donors (Lipinski definition) is 0. The van der Waals surface area contributed by atoms with Crippen LogP contribution in [0.4, 0.5) is 0 Å². The van der Waals surface area contributed by atoms with Gasteiger partial charge in [0.25, 0.3) is 0 Å². The van der Waals surface area contributed by atoms with Crippen LogP contribution in [0, 0.1) is 0 Å². The van der Waals surface area contributed by atoms with Gasteiger partial charge in [-0.3, -0.25) is 0 Å². The third kappa shape index (κ3) is 31.2. The van der Waals surface area contributed by atoms with E-state index in [4.69, 9.17) is 20.9 Å². The van der Waals surface area contributed by atoms with Gasteiger partial charge in [0.05, 0.1) is 0 Å². The predicted molar refractivity (Wildman–Crippen MR) is 322 cm³/mol. The highest BCUT2D eigenvalue weighted by molar-refractivity contribution is 6.92. The molecule has 11 heteroatoms. The summed E-state index contributed by atoms with van der Waals surface area (Å²) in [6.07, 6.45) is 39.3. The number of rotatable bonds is 54. The number of hydrogen-bond acceptors (Lipinski definition) is 6. The van der Waals surface area contributed by atoms with Crippen LogP contribution in [0.5, 0.6) is 0 Å². The lowest BCUT2D eigenvalue weighted by Gasteiger charge is -2.50. The monoisotopic (exact) mass is 1070 g/mol. The molecule has 0 rings (SSSR count). The summed E-state index contributed by atoms with van der Waals surface area (Å²) in [6.45, 7) is 31.8. The molecular formula is C59H126O6Si5. The maximum absolute atomic E-state index is 14.1. The smallest absolute Gasteiger partial charge is 0.393 e. The molecule has 418 valence electrons. The van der Waals surface area contributed by atoms with E-state index < -0.39 is 42.6 Å². The fourth-order valence-electron chi connectivity index (χ4n) is 10.8. The third-order valence-electron chi connectivity index (χ3n) is 15.1. The van der Waals surface area contributed by atoms with E-state index in [-0.39, 0.29) is 5.97 Å². The summed E-state index contributed by atoms with van der Waals surface area (Å²) in [5.74, 6) is -0.252. The van der Waals surface area contributed by atoms with Crippen molar-refractivity contribution >= 4 is 48.5 Å². The molecule has 6 nitrogen and oxygen atoms in total. The van der Waals surface area contributed by atoms with Crippen LogP contribution >= 0.6 is 0 Å². The van der Waals surface area contributed by atoms with Crippen molar-refractivity contribution < 1.29 is 25.7 Å². The molecule has 0 saturated carbocycles. The van der Waals surface area contributed by atoms with E-state index in [9.17, 15) is 4.79 Å². The highest BCUT2D eigenvalue weighted by Gasteiger charge is 2.58. The van der Waals surface area contributed by atoms with Gasteiger partial charge in [0.15, 0.2) is 8.32 Å². The fourth-order valence-corrected chi connectivity index (χ4v) is 42.3. The van der Waals surface area contributed by atoms with Crippen molar-refractivity contribution in [1.82, 2.24) is 0 Å². The Morgan fingerprint density at radius 3 is 0.686 bits per heavy atom. The maximum Gasteiger partial charge on any atom is 0.393 e. The van der Waals surface area contributed by atoms with Crippen LogP contribution in [0.3, 0.4) is 0 Å². The SMILES string of the molecule is C=C(C)C(=O)O[Si](CCCCC)(CCCCC)O[Si](CCCCC)(CCCCC)O[Si](CCCCC)(CCCCC)O[Si](CCCCC)(CCCCC)O[Si](CCCCC)(CCCCC)CCCCC. The average molecular weight is 1070 g/mol. The van der Waals surface area contributed by atoms with Crippen molar-refractivity contribution in [3.8, 4) is 0 Å². The first-order valence-electron chi connectivity index (χ1n) is 31.5. The molecule has 0 bridgehead atoms. The van der Waals surface area contributed by atoms with Crippen LogP contribution in [-0.2, 0) is 25.7 Å². The topological polar surface area (TPSA) is 63.2 Å². The van der Waals surface area contributed by atoms with Crippen LogP contribution < -0.4 is 0 Å².